The summed E-state index contributed by atoms with van der Waals surface area (Å²) in [6.07, 6.45) is 4.42. The summed E-state index contributed by atoms with van der Waals surface area (Å²) in [5, 5.41) is 3.77. The van der Waals surface area contributed by atoms with Gasteiger partial charge in [-0.1, -0.05) is 6.92 Å². The predicted octanol–water partition coefficient (Wildman–Crippen LogP) is 2.71. The third-order valence-corrected chi connectivity index (χ3v) is 5.16. The van der Waals surface area contributed by atoms with Crippen molar-refractivity contribution < 1.29 is 9.53 Å². The molecule has 0 aromatic rings. The summed E-state index contributed by atoms with van der Waals surface area (Å²) < 4.78 is 5.48. The fourth-order valence-corrected chi connectivity index (χ4v) is 3.34. The van der Waals surface area contributed by atoms with Gasteiger partial charge in [0.05, 0.1) is 0 Å². The Morgan fingerprint density at radius 3 is 2.26 bits per heavy atom. The lowest BCUT2D eigenvalue weighted by atomic mass is 9.80. The van der Waals surface area contributed by atoms with E-state index in [9.17, 15) is 4.79 Å². The Balaban J connectivity index is 1.73. The number of hydrogen-bond donors (Lipinski definition) is 1. The maximum absolute atomic E-state index is 12.1. The number of likely N-dealkylation sites (tertiary alicyclic amines) is 2. The minimum absolute atomic E-state index is 0.164. The van der Waals surface area contributed by atoms with Gasteiger partial charge in [-0.25, -0.2) is 4.79 Å². The monoisotopic (exact) mass is 325 g/mol. The average molecular weight is 325 g/mol. The highest BCUT2D eigenvalue weighted by atomic mass is 16.6. The molecule has 2 rings (SSSR count). The van der Waals surface area contributed by atoms with E-state index in [-0.39, 0.29) is 6.09 Å². The van der Waals surface area contributed by atoms with Crippen molar-refractivity contribution in [2.45, 2.75) is 65.0 Å². The first-order valence-corrected chi connectivity index (χ1v) is 9.07. The predicted molar refractivity (Wildman–Crippen MR) is 93.7 cm³/mol. The fraction of sp³-hybridized carbons (Fsp3) is 0.944. The molecule has 1 N–H and O–H groups in total. The number of rotatable bonds is 3. The Hall–Kier alpha value is -0.810. The second kappa shape index (κ2) is 7.39. The van der Waals surface area contributed by atoms with Crippen LogP contribution in [0, 0.1) is 5.41 Å². The van der Waals surface area contributed by atoms with E-state index >= 15 is 0 Å². The van der Waals surface area contributed by atoms with Gasteiger partial charge in [0.1, 0.15) is 5.60 Å². The first-order chi connectivity index (χ1) is 10.7. The first kappa shape index (κ1) is 18.5. The van der Waals surface area contributed by atoms with Crippen LogP contribution in [0.25, 0.3) is 0 Å². The summed E-state index contributed by atoms with van der Waals surface area (Å²) >= 11 is 0. The topological polar surface area (TPSA) is 44.8 Å². The Morgan fingerprint density at radius 2 is 1.74 bits per heavy atom. The van der Waals surface area contributed by atoms with Gasteiger partial charge in [-0.2, -0.15) is 0 Å². The van der Waals surface area contributed by atoms with Crippen LogP contribution in [-0.2, 0) is 4.74 Å². The molecule has 5 nitrogen and oxygen atoms in total. The summed E-state index contributed by atoms with van der Waals surface area (Å²) in [5.41, 5.74) is -0.116. The normalized spacial score (nSPS) is 23.8. The zero-order chi connectivity index (χ0) is 17.1. The van der Waals surface area contributed by atoms with Gasteiger partial charge < -0.3 is 19.9 Å². The number of piperidine rings is 2. The van der Waals surface area contributed by atoms with E-state index in [4.69, 9.17) is 4.74 Å². The minimum Gasteiger partial charge on any atom is -0.444 e. The number of carbonyl (C=O) groups excluding carboxylic acids is 1. The Morgan fingerprint density at radius 1 is 1.17 bits per heavy atom. The van der Waals surface area contributed by atoms with Gasteiger partial charge in [0.15, 0.2) is 0 Å². The van der Waals surface area contributed by atoms with E-state index in [1.807, 2.05) is 25.7 Å². The number of nitrogens with one attached hydrogen (secondary N) is 1. The molecule has 0 unspecified atom stereocenters. The molecule has 134 valence electrons. The molecule has 0 radical (unpaired) electrons. The van der Waals surface area contributed by atoms with Crippen molar-refractivity contribution in [3.05, 3.63) is 0 Å². The second-order valence-corrected chi connectivity index (χ2v) is 8.74. The van der Waals surface area contributed by atoms with Crippen molar-refractivity contribution in [3.63, 3.8) is 0 Å². The first-order valence-electron chi connectivity index (χ1n) is 9.07. The molecular weight excluding hydrogens is 290 g/mol. The van der Waals surface area contributed by atoms with Crippen molar-refractivity contribution in [3.8, 4) is 0 Å². The molecule has 0 bridgehead atoms. The van der Waals surface area contributed by atoms with E-state index in [1.54, 1.807) is 0 Å². The molecule has 0 spiro atoms. The lowest BCUT2D eigenvalue weighted by Crippen LogP contribution is -2.49. The molecule has 5 heteroatoms. The summed E-state index contributed by atoms with van der Waals surface area (Å²) in [6, 6.07) is 0.659. The van der Waals surface area contributed by atoms with Gasteiger partial charge in [-0.3, -0.25) is 0 Å². The molecule has 2 saturated heterocycles. The number of nitrogens with zero attached hydrogens (tertiary/aromatic N) is 2. The van der Waals surface area contributed by atoms with Gasteiger partial charge >= 0.3 is 6.09 Å². The van der Waals surface area contributed by atoms with Crippen LogP contribution >= 0.6 is 0 Å². The van der Waals surface area contributed by atoms with E-state index in [0.29, 0.717) is 11.5 Å². The SMILES string of the molecule is CN1CCC(NCC2(C)CCN(C(=O)OC(C)(C)C)CC2)CC1. The lowest BCUT2D eigenvalue weighted by molar-refractivity contribution is 0.0115. The van der Waals surface area contributed by atoms with Crippen molar-refractivity contribution in [2.24, 2.45) is 5.41 Å². The van der Waals surface area contributed by atoms with Gasteiger partial charge in [0, 0.05) is 25.7 Å². The van der Waals surface area contributed by atoms with E-state index in [0.717, 1.165) is 32.5 Å². The molecule has 0 aromatic heterocycles. The molecular formula is C18H35N3O2. The molecule has 1 amide bonds. The third kappa shape index (κ3) is 5.96. The van der Waals surface area contributed by atoms with Crippen molar-refractivity contribution in [2.75, 3.05) is 39.8 Å². The number of amides is 1. The maximum Gasteiger partial charge on any atom is 0.410 e. The standard InChI is InChI=1S/C18H35N3O2/c1-17(2,3)23-16(22)21-12-8-18(4,9-13-21)14-19-15-6-10-20(5)11-7-15/h15,19H,6-14H2,1-5H3. The largest absolute Gasteiger partial charge is 0.444 e. The van der Waals surface area contributed by atoms with Crippen LogP contribution in [0.15, 0.2) is 0 Å². The van der Waals surface area contributed by atoms with Crippen molar-refractivity contribution in [1.29, 1.82) is 0 Å². The van der Waals surface area contributed by atoms with Crippen LogP contribution in [-0.4, -0.2) is 67.3 Å². The zero-order valence-corrected chi connectivity index (χ0v) is 15.7. The molecule has 0 aliphatic carbocycles. The van der Waals surface area contributed by atoms with Crippen LogP contribution in [0.1, 0.15) is 53.4 Å². The molecule has 2 aliphatic rings. The fourth-order valence-electron chi connectivity index (χ4n) is 3.34. The molecule has 23 heavy (non-hydrogen) atoms. The number of carbonyl (C=O) groups is 1. The van der Waals surface area contributed by atoms with E-state index < -0.39 is 5.60 Å². The quantitative estimate of drug-likeness (QED) is 0.866. The van der Waals surface area contributed by atoms with Gasteiger partial charge in [-0.05, 0) is 72.0 Å². The summed E-state index contributed by atoms with van der Waals surface area (Å²) in [4.78, 5) is 16.4. The Kier molecular flexibility index (Phi) is 5.95. The van der Waals surface area contributed by atoms with Crippen LogP contribution < -0.4 is 5.32 Å². The van der Waals surface area contributed by atoms with Crippen LogP contribution in [0.5, 0.6) is 0 Å². The average Bonchev–Trinajstić information content (AvgIpc) is 2.46. The highest BCUT2D eigenvalue weighted by Gasteiger charge is 2.34. The minimum atomic E-state index is -0.409. The van der Waals surface area contributed by atoms with Crippen LogP contribution in [0.2, 0.25) is 0 Å². The highest BCUT2D eigenvalue weighted by Crippen LogP contribution is 2.31. The molecule has 0 aromatic carbocycles. The molecule has 0 atom stereocenters. The molecule has 2 aliphatic heterocycles. The second-order valence-electron chi connectivity index (χ2n) is 8.74. The zero-order valence-electron chi connectivity index (χ0n) is 15.7. The lowest BCUT2D eigenvalue weighted by Gasteiger charge is -2.41. The molecule has 2 heterocycles. The number of hydrogen-bond acceptors (Lipinski definition) is 4. The van der Waals surface area contributed by atoms with Gasteiger partial charge in [0.2, 0.25) is 0 Å². The molecule has 0 saturated carbocycles. The molecule has 2 fully saturated rings. The van der Waals surface area contributed by atoms with E-state index in [1.165, 1.54) is 25.9 Å². The Bertz CT molecular complexity index is 390. The maximum atomic E-state index is 12.1. The van der Waals surface area contributed by atoms with E-state index in [2.05, 4.69) is 24.2 Å². The van der Waals surface area contributed by atoms with Gasteiger partial charge in [0.25, 0.3) is 0 Å². The third-order valence-electron chi connectivity index (χ3n) is 5.16. The smallest absolute Gasteiger partial charge is 0.410 e. The Labute approximate surface area is 141 Å². The van der Waals surface area contributed by atoms with Crippen LogP contribution in [0.3, 0.4) is 0 Å². The van der Waals surface area contributed by atoms with Crippen LogP contribution in [0.4, 0.5) is 4.79 Å². The summed E-state index contributed by atoms with van der Waals surface area (Å²) in [6.45, 7) is 13.2. The summed E-state index contributed by atoms with van der Waals surface area (Å²) in [5.74, 6) is 0. The summed E-state index contributed by atoms with van der Waals surface area (Å²) in [7, 11) is 2.20. The number of ether oxygens (including phenoxy) is 1. The van der Waals surface area contributed by atoms with Crippen molar-refractivity contribution in [1.82, 2.24) is 15.1 Å². The van der Waals surface area contributed by atoms with Crippen molar-refractivity contribution >= 4 is 6.09 Å². The highest BCUT2D eigenvalue weighted by molar-refractivity contribution is 5.68. The van der Waals surface area contributed by atoms with Gasteiger partial charge in [-0.15, -0.1) is 0 Å².